The maximum absolute atomic E-state index is 14.3. The summed E-state index contributed by atoms with van der Waals surface area (Å²) in [7, 11) is -4.07. The number of halogens is 5. The van der Waals surface area contributed by atoms with Gasteiger partial charge in [-0.25, -0.2) is 27.2 Å². The minimum atomic E-state index is -4.72. The summed E-state index contributed by atoms with van der Waals surface area (Å²) in [6.45, 7) is -0.248. The monoisotopic (exact) mass is 527 g/mol. The number of hydrogen-bond acceptors (Lipinski definition) is 6. The Labute approximate surface area is 202 Å². The van der Waals surface area contributed by atoms with Crippen molar-refractivity contribution in [3.63, 3.8) is 0 Å². The molecular formula is C22H18F5N5O3S. The summed E-state index contributed by atoms with van der Waals surface area (Å²) in [5.74, 6) is -3.38. The molecule has 0 spiro atoms. The number of rotatable bonds is 6. The van der Waals surface area contributed by atoms with Crippen LogP contribution in [0.5, 0.6) is 0 Å². The molecule has 0 bridgehead atoms. The fourth-order valence-electron chi connectivity index (χ4n) is 3.71. The van der Waals surface area contributed by atoms with Crippen LogP contribution in [0.1, 0.15) is 24.2 Å². The summed E-state index contributed by atoms with van der Waals surface area (Å²) in [5.41, 5.74) is 0.151. The Hall–Kier alpha value is -3.52. The van der Waals surface area contributed by atoms with Crippen LogP contribution in [0.2, 0.25) is 0 Å². The van der Waals surface area contributed by atoms with Crippen LogP contribution < -0.4 is 5.32 Å². The Morgan fingerprint density at radius 1 is 1.06 bits per heavy atom. The van der Waals surface area contributed by atoms with Crippen molar-refractivity contribution in [2.75, 3.05) is 6.54 Å². The van der Waals surface area contributed by atoms with E-state index in [2.05, 4.69) is 20.3 Å². The van der Waals surface area contributed by atoms with Crippen molar-refractivity contribution in [1.82, 2.24) is 24.6 Å². The molecule has 1 N–H and O–H groups in total. The SMILES string of the molecule is O=C(NCc1cc(-c2cnc(C(F)(F)F)nc2)ncc1F)[C@@H]1CCCN1S(=O)(=O)c1ccc(F)cc1. The third-order valence-corrected chi connectivity index (χ3v) is 7.44. The first-order chi connectivity index (χ1) is 17.0. The van der Waals surface area contributed by atoms with Crippen molar-refractivity contribution in [2.24, 2.45) is 0 Å². The van der Waals surface area contributed by atoms with Gasteiger partial charge in [0.25, 0.3) is 0 Å². The van der Waals surface area contributed by atoms with Gasteiger partial charge in [-0.1, -0.05) is 0 Å². The first-order valence-electron chi connectivity index (χ1n) is 10.6. The molecule has 36 heavy (non-hydrogen) atoms. The first kappa shape index (κ1) is 25.6. The largest absolute Gasteiger partial charge is 0.451 e. The van der Waals surface area contributed by atoms with E-state index in [1.165, 1.54) is 6.07 Å². The lowest BCUT2D eigenvalue weighted by molar-refractivity contribution is -0.145. The lowest BCUT2D eigenvalue weighted by Crippen LogP contribution is -2.45. The molecule has 2 aromatic heterocycles. The van der Waals surface area contributed by atoms with E-state index in [0.717, 1.165) is 47.2 Å². The Morgan fingerprint density at radius 2 is 1.72 bits per heavy atom. The number of carbonyl (C=O) groups is 1. The predicted octanol–water partition coefficient (Wildman–Crippen LogP) is 3.31. The highest BCUT2D eigenvalue weighted by molar-refractivity contribution is 7.89. The van der Waals surface area contributed by atoms with E-state index in [4.69, 9.17) is 0 Å². The molecule has 0 radical (unpaired) electrons. The molecule has 1 fully saturated rings. The maximum atomic E-state index is 14.3. The van der Waals surface area contributed by atoms with Crippen LogP contribution >= 0.6 is 0 Å². The van der Waals surface area contributed by atoms with E-state index in [1.54, 1.807) is 0 Å². The minimum Gasteiger partial charge on any atom is -0.351 e. The van der Waals surface area contributed by atoms with Crippen molar-refractivity contribution in [2.45, 2.75) is 36.5 Å². The lowest BCUT2D eigenvalue weighted by Gasteiger charge is -2.23. The molecule has 1 amide bonds. The van der Waals surface area contributed by atoms with Crippen LogP contribution in [0.4, 0.5) is 22.0 Å². The van der Waals surface area contributed by atoms with Crippen LogP contribution in [0.3, 0.4) is 0 Å². The molecule has 1 aromatic carbocycles. The molecule has 1 saturated heterocycles. The van der Waals surface area contributed by atoms with Gasteiger partial charge < -0.3 is 5.32 Å². The molecule has 14 heteroatoms. The molecule has 0 aliphatic carbocycles. The smallest absolute Gasteiger partial charge is 0.351 e. The molecule has 1 atom stereocenters. The average Bonchev–Trinajstić information content (AvgIpc) is 3.34. The van der Waals surface area contributed by atoms with Gasteiger partial charge in [-0.3, -0.25) is 9.78 Å². The summed E-state index contributed by atoms with van der Waals surface area (Å²) in [6.07, 6.45) is -1.43. The van der Waals surface area contributed by atoms with Gasteiger partial charge >= 0.3 is 6.18 Å². The number of aromatic nitrogens is 3. The van der Waals surface area contributed by atoms with Crippen LogP contribution in [-0.2, 0) is 27.5 Å². The number of hydrogen-bond donors (Lipinski definition) is 1. The molecular weight excluding hydrogens is 509 g/mol. The van der Waals surface area contributed by atoms with Gasteiger partial charge in [0.1, 0.15) is 17.7 Å². The fourth-order valence-corrected chi connectivity index (χ4v) is 5.37. The highest BCUT2D eigenvalue weighted by atomic mass is 32.2. The molecule has 0 saturated carbocycles. The predicted molar refractivity (Wildman–Crippen MR) is 115 cm³/mol. The van der Waals surface area contributed by atoms with Crippen LogP contribution in [0.25, 0.3) is 11.3 Å². The third-order valence-electron chi connectivity index (χ3n) is 5.52. The summed E-state index contributed by atoms with van der Waals surface area (Å²) in [5, 5.41) is 2.50. The second kappa shape index (κ2) is 9.85. The Bertz CT molecular complexity index is 1370. The van der Waals surface area contributed by atoms with Gasteiger partial charge in [0, 0.05) is 36.6 Å². The van der Waals surface area contributed by atoms with E-state index in [-0.39, 0.29) is 41.2 Å². The van der Waals surface area contributed by atoms with E-state index in [9.17, 15) is 35.2 Å². The number of carbonyl (C=O) groups excluding carboxylic acids is 1. The Morgan fingerprint density at radius 3 is 2.36 bits per heavy atom. The van der Waals surface area contributed by atoms with Crippen LogP contribution in [0.15, 0.2) is 53.8 Å². The van der Waals surface area contributed by atoms with Crippen molar-refractivity contribution >= 4 is 15.9 Å². The van der Waals surface area contributed by atoms with Crippen molar-refractivity contribution in [3.8, 4) is 11.3 Å². The molecule has 4 rings (SSSR count). The first-order valence-corrected chi connectivity index (χ1v) is 12.0. The number of nitrogens with one attached hydrogen (secondary N) is 1. The molecule has 1 aliphatic rings. The summed E-state index contributed by atoms with van der Waals surface area (Å²) < 4.78 is 92.4. The Kier molecular flexibility index (Phi) is 7.00. The second-order valence-electron chi connectivity index (χ2n) is 7.90. The summed E-state index contributed by atoms with van der Waals surface area (Å²) in [4.78, 5) is 23.0. The summed E-state index contributed by atoms with van der Waals surface area (Å²) in [6, 6.07) is 4.40. The molecule has 8 nitrogen and oxygen atoms in total. The molecule has 3 aromatic rings. The van der Waals surface area contributed by atoms with Gasteiger partial charge in [0.2, 0.25) is 21.8 Å². The molecule has 1 aliphatic heterocycles. The van der Waals surface area contributed by atoms with E-state index in [0.29, 0.717) is 6.42 Å². The number of pyridine rings is 1. The minimum absolute atomic E-state index is 0.0285. The van der Waals surface area contributed by atoms with Crippen LogP contribution in [-0.4, -0.2) is 46.2 Å². The van der Waals surface area contributed by atoms with Gasteiger partial charge in [0.05, 0.1) is 16.8 Å². The zero-order valence-corrected chi connectivity index (χ0v) is 19.2. The molecule has 3 heterocycles. The van der Waals surface area contributed by atoms with Gasteiger partial charge in [-0.15, -0.1) is 0 Å². The van der Waals surface area contributed by atoms with Crippen molar-refractivity contribution in [3.05, 3.63) is 71.9 Å². The highest BCUT2D eigenvalue weighted by Crippen LogP contribution is 2.28. The van der Waals surface area contributed by atoms with Crippen molar-refractivity contribution in [1.29, 1.82) is 0 Å². The van der Waals surface area contributed by atoms with E-state index < -0.39 is 45.6 Å². The quantitative estimate of drug-likeness (QED) is 0.494. The second-order valence-corrected chi connectivity index (χ2v) is 9.79. The normalized spacial score (nSPS) is 16.8. The van der Waals surface area contributed by atoms with Crippen molar-refractivity contribution < 1.29 is 35.2 Å². The number of alkyl halides is 3. The number of sulfonamides is 1. The zero-order valence-electron chi connectivity index (χ0n) is 18.3. The van der Waals surface area contributed by atoms with Gasteiger partial charge in [0.15, 0.2) is 0 Å². The average molecular weight is 527 g/mol. The highest BCUT2D eigenvalue weighted by Gasteiger charge is 2.39. The fraction of sp³-hybridized carbons (Fsp3) is 0.273. The van der Waals surface area contributed by atoms with Crippen LogP contribution in [0, 0.1) is 11.6 Å². The molecule has 190 valence electrons. The third kappa shape index (κ3) is 5.33. The zero-order chi connectivity index (χ0) is 26.1. The van der Waals surface area contributed by atoms with E-state index >= 15 is 0 Å². The topological polar surface area (TPSA) is 105 Å². The Balaban J connectivity index is 1.48. The van der Waals surface area contributed by atoms with Gasteiger partial charge in [-0.05, 0) is 43.2 Å². The number of nitrogens with zero attached hydrogens (tertiary/aromatic N) is 4. The maximum Gasteiger partial charge on any atom is 0.451 e. The molecule has 0 unspecified atom stereocenters. The van der Waals surface area contributed by atoms with Gasteiger partial charge in [-0.2, -0.15) is 17.5 Å². The summed E-state index contributed by atoms with van der Waals surface area (Å²) >= 11 is 0. The van der Waals surface area contributed by atoms with E-state index in [1.807, 2.05) is 0 Å². The lowest BCUT2D eigenvalue weighted by atomic mass is 10.1. The number of amides is 1. The number of benzene rings is 1. The standard InChI is InChI=1S/C22H18F5N5O3S/c23-15-3-5-16(6-4-15)36(34,35)32-7-1-2-19(32)20(33)29-9-13-8-18(28-12-17(13)24)14-10-30-21(31-11-14)22(25,26)27/h3-6,8,10-12,19H,1-2,7,9H2,(H,29,33)/t19-/m0/s1.